The second-order valence-electron chi connectivity index (χ2n) is 8.23. The lowest BCUT2D eigenvalue weighted by Gasteiger charge is -2.33. The highest BCUT2D eigenvalue weighted by atomic mass is 19.3. The number of rotatable bonds is 7. The SMILES string of the molecule is CCCC1CCC(C(F)(F)Cc2ccc(-c3cc(F)c(OC)c(F)c3)c(F)c2)CC1. The normalized spacial score (nSPS) is 19.7. The molecule has 0 bridgehead atoms. The number of halogens is 5. The zero-order valence-electron chi connectivity index (χ0n) is 17.3. The highest BCUT2D eigenvalue weighted by Crippen LogP contribution is 2.42. The molecule has 1 nitrogen and oxygen atoms in total. The van der Waals surface area contributed by atoms with Crippen LogP contribution in [0.15, 0.2) is 30.3 Å². The smallest absolute Gasteiger partial charge is 0.254 e. The van der Waals surface area contributed by atoms with Crippen LogP contribution in [0.1, 0.15) is 51.0 Å². The largest absolute Gasteiger partial charge is 0.491 e. The van der Waals surface area contributed by atoms with Gasteiger partial charge in [-0.15, -0.1) is 0 Å². The van der Waals surface area contributed by atoms with Crippen molar-refractivity contribution in [1.82, 2.24) is 0 Å². The van der Waals surface area contributed by atoms with Crippen molar-refractivity contribution in [2.45, 2.75) is 57.8 Å². The Morgan fingerprint density at radius 2 is 1.57 bits per heavy atom. The molecule has 1 fully saturated rings. The molecule has 30 heavy (non-hydrogen) atoms. The van der Waals surface area contributed by atoms with E-state index in [1.165, 1.54) is 12.1 Å². The highest BCUT2D eigenvalue weighted by Gasteiger charge is 2.41. The summed E-state index contributed by atoms with van der Waals surface area (Å²) < 4.78 is 76.7. The Balaban J connectivity index is 1.74. The van der Waals surface area contributed by atoms with Gasteiger partial charge < -0.3 is 4.74 Å². The average Bonchev–Trinajstić information content (AvgIpc) is 2.68. The van der Waals surface area contributed by atoms with E-state index in [-0.39, 0.29) is 16.7 Å². The van der Waals surface area contributed by atoms with E-state index in [4.69, 9.17) is 0 Å². The van der Waals surface area contributed by atoms with Crippen LogP contribution in [0.2, 0.25) is 0 Å². The van der Waals surface area contributed by atoms with Gasteiger partial charge in [0.1, 0.15) is 5.82 Å². The Hall–Kier alpha value is -2.11. The van der Waals surface area contributed by atoms with Crippen LogP contribution >= 0.6 is 0 Å². The number of methoxy groups -OCH3 is 1. The average molecular weight is 426 g/mol. The van der Waals surface area contributed by atoms with Gasteiger partial charge in [0.2, 0.25) is 0 Å². The summed E-state index contributed by atoms with van der Waals surface area (Å²) in [7, 11) is 1.13. The minimum atomic E-state index is -2.91. The maximum atomic E-state index is 14.8. The lowest BCUT2D eigenvalue weighted by atomic mass is 9.76. The summed E-state index contributed by atoms with van der Waals surface area (Å²) in [6.07, 6.45) is 4.22. The van der Waals surface area contributed by atoms with Crippen LogP contribution in [-0.4, -0.2) is 13.0 Å². The maximum Gasteiger partial charge on any atom is 0.254 e. The second-order valence-corrected chi connectivity index (χ2v) is 8.23. The van der Waals surface area contributed by atoms with Crippen molar-refractivity contribution < 1.29 is 26.7 Å². The van der Waals surface area contributed by atoms with Gasteiger partial charge in [-0.05, 0) is 60.9 Å². The van der Waals surface area contributed by atoms with Gasteiger partial charge in [-0.1, -0.05) is 31.9 Å². The first-order valence-electron chi connectivity index (χ1n) is 10.4. The monoisotopic (exact) mass is 426 g/mol. The Morgan fingerprint density at radius 1 is 0.933 bits per heavy atom. The zero-order valence-corrected chi connectivity index (χ0v) is 17.3. The van der Waals surface area contributed by atoms with Crippen LogP contribution in [0.5, 0.6) is 5.75 Å². The second kappa shape index (κ2) is 9.36. The van der Waals surface area contributed by atoms with E-state index in [1.54, 1.807) is 0 Å². The van der Waals surface area contributed by atoms with Crippen molar-refractivity contribution in [2.24, 2.45) is 11.8 Å². The van der Waals surface area contributed by atoms with E-state index in [0.29, 0.717) is 18.8 Å². The van der Waals surface area contributed by atoms with Crippen LogP contribution in [0.3, 0.4) is 0 Å². The molecule has 1 aliphatic rings. The van der Waals surface area contributed by atoms with Gasteiger partial charge in [0.25, 0.3) is 5.92 Å². The quantitative estimate of drug-likeness (QED) is 0.415. The molecule has 0 N–H and O–H groups in total. The number of alkyl halides is 2. The fraction of sp³-hybridized carbons (Fsp3) is 0.500. The molecule has 0 saturated heterocycles. The number of benzene rings is 2. The van der Waals surface area contributed by atoms with E-state index in [1.807, 2.05) is 0 Å². The van der Waals surface area contributed by atoms with E-state index in [9.17, 15) is 22.0 Å². The highest BCUT2D eigenvalue weighted by molar-refractivity contribution is 5.65. The van der Waals surface area contributed by atoms with Crippen LogP contribution < -0.4 is 4.74 Å². The fourth-order valence-electron chi connectivity index (χ4n) is 4.51. The first-order chi connectivity index (χ1) is 14.2. The summed E-state index contributed by atoms with van der Waals surface area (Å²) in [4.78, 5) is 0. The third-order valence-corrected chi connectivity index (χ3v) is 6.13. The third kappa shape index (κ3) is 4.96. The van der Waals surface area contributed by atoms with Crippen LogP contribution in [0, 0.1) is 29.3 Å². The Bertz CT molecular complexity index is 849. The van der Waals surface area contributed by atoms with Crippen LogP contribution in [0.25, 0.3) is 11.1 Å². The van der Waals surface area contributed by atoms with Gasteiger partial charge in [0.15, 0.2) is 17.4 Å². The molecule has 2 aromatic rings. The number of hydrogen-bond acceptors (Lipinski definition) is 1. The predicted octanol–water partition coefficient (Wildman–Crippen LogP) is 7.56. The summed E-state index contributed by atoms with van der Waals surface area (Å²) in [5.41, 5.74) is 0.102. The summed E-state index contributed by atoms with van der Waals surface area (Å²) in [5.74, 6) is -6.34. The predicted molar refractivity (Wildman–Crippen MR) is 107 cm³/mol. The zero-order chi connectivity index (χ0) is 21.9. The third-order valence-electron chi connectivity index (χ3n) is 6.13. The summed E-state index contributed by atoms with van der Waals surface area (Å²) in [6, 6.07) is 5.65. The first-order valence-corrected chi connectivity index (χ1v) is 10.4. The van der Waals surface area contributed by atoms with Gasteiger partial charge in [0.05, 0.1) is 7.11 Å². The minimum absolute atomic E-state index is 0.0177. The molecule has 2 aromatic carbocycles. The molecule has 0 spiro atoms. The van der Waals surface area contributed by atoms with E-state index < -0.39 is 41.5 Å². The van der Waals surface area contributed by atoms with E-state index in [0.717, 1.165) is 51.0 Å². The lowest BCUT2D eigenvalue weighted by molar-refractivity contribution is -0.0746. The van der Waals surface area contributed by atoms with Gasteiger partial charge >= 0.3 is 0 Å². The molecule has 0 aliphatic heterocycles. The fourth-order valence-corrected chi connectivity index (χ4v) is 4.51. The van der Waals surface area contributed by atoms with Gasteiger partial charge in [0, 0.05) is 17.9 Å². The summed E-state index contributed by atoms with van der Waals surface area (Å²) in [6.45, 7) is 2.10. The minimum Gasteiger partial charge on any atom is -0.491 e. The molecule has 0 atom stereocenters. The van der Waals surface area contributed by atoms with Crippen molar-refractivity contribution in [2.75, 3.05) is 7.11 Å². The summed E-state index contributed by atoms with van der Waals surface area (Å²) in [5, 5.41) is 0. The van der Waals surface area contributed by atoms with Gasteiger partial charge in [-0.3, -0.25) is 0 Å². The molecule has 1 aliphatic carbocycles. The Labute approximate surface area is 174 Å². The first kappa shape index (κ1) is 22.6. The lowest BCUT2D eigenvalue weighted by Crippen LogP contribution is -2.34. The Morgan fingerprint density at radius 3 is 2.10 bits per heavy atom. The van der Waals surface area contributed by atoms with Crippen LogP contribution in [0.4, 0.5) is 22.0 Å². The molecule has 0 radical (unpaired) electrons. The van der Waals surface area contributed by atoms with Crippen molar-refractivity contribution in [3.05, 3.63) is 53.3 Å². The number of hydrogen-bond donors (Lipinski definition) is 0. The molecule has 0 aromatic heterocycles. The molecule has 164 valence electrons. The van der Waals surface area contributed by atoms with E-state index in [2.05, 4.69) is 11.7 Å². The molecular weight excluding hydrogens is 399 g/mol. The standard InChI is InChI=1S/C24H27F5O/c1-3-4-15-5-8-18(9-6-15)24(28,29)14-16-7-10-19(20(25)11-16)17-12-21(26)23(30-2)22(27)13-17/h7,10-13,15,18H,3-6,8-9,14H2,1-2H3. The number of ether oxygens (including phenoxy) is 1. The van der Waals surface area contributed by atoms with Crippen molar-refractivity contribution in [3.8, 4) is 16.9 Å². The van der Waals surface area contributed by atoms with Crippen molar-refractivity contribution in [3.63, 3.8) is 0 Å². The van der Waals surface area contributed by atoms with Crippen LogP contribution in [-0.2, 0) is 6.42 Å². The molecule has 6 heteroatoms. The van der Waals surface area contributed by atoms with Gasteiger partial charge in [-0.2, -0.15) is 0 Å². The van der Waals surface area contributed by atoms with E-state index >= 15 is 0 Å². The molecule has 0 amide bonds. The molecule has 0 heterocycles. The molecule has 1 saturated carbocycles. The topological polar surface area (TPSA) is 9.23 Å². The molecule has 0 unspecified atom stereocenters. The van der Waals surface area contributed by atoms with Crippen molar-refractivity contribution in [1.29, 1.82) is 0 Å². The van der Waals surface area contributed by atoms with Gasteiger partial charge in [-0.25, -0.2) is 22.0 Å². The molecular formula is C24H27F5O. The van der Waals surface area contributed by atoms with Crippen molar-refractivity contribution >= 4 is 0 Å². The maximum absolute atomic E-state index is 14.8. The summed E-state index contributed by atoms with van der Waals surface area (Å²) >= 11 is 0. The Kier molecular flexibility index (Phi) is 7.04. The molecule has 3 rings (SSSR count).